The van der Waals surface area contributed by atoms with Crippen LogP contribution >= 0.6 is 0 Å². The molecule has 0 spiro atoms. The van der Waals surface area contributed by atoms with Crippen molar-refractivity contribution in [1.82, 2.24) is 4.90 Å². The Labute approximate surface area is 95.5 Å². The molecular formula is C12H16N2O2. The number of carbonyl (C=O) groups excluding carboxylic acids is 2. The monoisotopic (exact) mass is 220 g/mol. The molecule has 0 saturated heterocycles. The molecule has 0 fully saturated rings. The van der Waals surface area contributed by atoms with E-state index in [4.69, 9.17) is 0 Å². The van der Waals surface area contributed by atoms with Crippen LogP contribution in [0.1, 0.15) is 6.42 Å². The number of rotatable bonds is 3. The summed E-state index contributed by atoms with van der Waals surface area (Å²) in [6, 6.07) is 9.25. The van der Waals surface area contributed by atoms with Crippen molar-refractivity contribution in [3.8, 4) is 0 Å². The molecule has 0 unspecified atom stereocenters. The molecule has 1 aromatic rings. The molecule has 1 rings (SSSR count). The number of anilines is 1. The number of hydrogen-bond donors (Lipinski definition) is 0. The van der Waals surface area contributed by atoms with Crippen LogP contribution in [-0.2, 0) is 9.59 Å². The highest BCUT2D eigenvalue weighted by atomic mass is 16.2. The maximum absolute atomic E-state index is 11.7. The summed E-state index contributed by atoms with van der Waals surface area (Å²) in [4.78, 5) is 26.0. The zero-order chi connectivity index (χ0) is 12.1. The Morgan fingerprint density at radius 3 is 2.06 bits per heavy atom. The summed E-state index contributed by atoms with van der Waals surface area (Å²) in [5.74, 6) is -0.391. The molecule has 0 radical (unpaired) electrons. The van der Waals surface area contributed by atoms with Crippen LogP contribution in [0, 0.1) is 0 Å². The van der Waals surface area contributed by atoms with Crippen LogP contribution in [0.5, 0.6) is 0 Å². The normalized spacial score (nSPS) is 9.69. The van der Waals surface area contributed by atoms with Crippen molar-refractivity contribution in [3.63, 3.8) is 0 Å². The molecule has 16 heavy (non-hydrogen) atoms. The van der Waals surface area contributed by atoms with Gasteiger partial charge in [-0.25, -0.2) is 0 Å². The molecule has 86 valence electrons. The Morgan fingerprint density at radius 1 is 1.00 bits per heavy atom. The third-order valence-corrected chi connectivity index (χ3v) is 2.32. The van der Waals surface area contributed by atoms with Gasteiger partial charge in [-0.3, -0.25) is 9.59 Å². The smallest absolute Gasteiger partial charge is 0.236 e. The van der Waals surface area contributed by atoms with Crippen LogP contribution < -0.4 is 4.90 Å². The van der Waals surface area contributed by atoms with Gasteiger partial charge in [0.1, 0.15) is 6.42 Å². The van der Waals surface area contributed by atoms with E-state index in [0.717, 1.165) is 5.69 Å². The fraction of sp³-hybridized carbons (Fsp3) is 0.333. The Morgan fingerprint density at radius 2 is 1.56 bits per heavy atom. The van der Waals surface area contributed by atoms with Gasteiger partial charge in [-0.15, -0.1) is 0 Å². The lowest BCUT2D eigenvalue weighted by atomic mass is 10.2. The zero-order valence-corrected chi connectivity index (χ0v) is 9.80. The van der Waals surface area contributed by atoms with E-state index in [0.29, 0.717) is 0 Å². The first-order valence-corrected chi connectivity index (χ1v) is 5.04. The highest BCUT2D eigenvalue weighted by molar-refractivity contribution is 6.04. The maximum Gasteiger partial charge on any atom is 0.236 e. The van der Waals surface area contributed by atoms with Gasteiger partial charge in [-0.2, -0.15) is 0 Å². The lowest BCUT2D eigenvalue weighted by Gasteiger charge is -2.18. The second-order valence-corrected chi connectivity index (χ2v) is 3.75. The lowest BCUT2D eigenvalue weighted by molar-refractivity contribution is -0.133. The summed E-state index contributed by atoms with van der Waals surface area (Å²) in [5, 5.41) is 0. The summed E-state index contributed by atoms with van der Waals surface area (Å²) in [5.41, 5.74) is 0.791. The summed E-state index contributed by atoms with van der Waals surface area (Å²) < 4.78 is 0. The van der Waals surface area contributed by atoms with Crippen LogP contribution in [-0.4, -0.2) is 37.9 Å². The van der Waals surface area contributed by atoms with Crippen molar-refractivity contribution in [1.29, 1.82) is 0 Å². The van der Waals surface area contributed by atoms with E-state index in [9.17, 15) is 9.59 Å². The molecule has 0 saturated carbocycles. The molecule has 0 aromatic heterocycles. The quantitative estimate of drug-likeness (QED) is 0.716. The van der Waals surface area contributed by atoms with Gasteiger partial charge >= 0.3 is 0 Å². The molecular weight excluding hydrogens is 204 g/mol. The molecule has 4 heteroatoms. The Hall–Kier alpha value is -1.84. The first-order valence-electron chi connectivity index (χ1n) is 5.04. The zero-order valence-electron chi connectivity index (χ0n) is 9.80. The van der Waals surface area contributed by atoms with E-state index in [1.54, 1.807) is 21.1 Å². The molecule has 0 aliphatic carbocycles. The second kappa shape index (κ2) is 5.30. The third-order valence-electron chi connectivity index (χ3n) is 2.32. The summed E-state index contributed by atoms with van der Waals surface area (Å²) in [7, 11) is 4.94. The Kier molecular flexibility index (Phi) is 4.05. The van der Waals surface area contributed by atoms with Gasteiger partial charge in [0.25, 0.3) is 0 Å². The fourth-order valence-corrected chi connectivity index (χ4v) is 1.20. The number of benzene rings is 1. The standard InChI is InChI=1S/C12H16N2O2/c1-13(2)11(15)9-12(16)14(3)10-7-5-4-6-8-10/h4-8H,9H2,1-3H3. The second-order valence-electron chi connectivity index (χ2n) is 3.75. The molecule has 4 nitrogen and oxygen atoms in total. The van der Waals surface area contributed by atoms with Crippen molar-refractivity contribution in [2.24, 2.45) is 0 Å². The molecule has 0 heterocycles. The van der Waals surface area contributed by atoms with Crippen LogP contribution in [0.2, 0.25) is 0 Å². The third kappa shape index (κ3) is 3.08. The van der Waals surface area contributed by atoms with Gasteiger partial charge in [-0.1, -0.05) is 18.2 Å². The first-order chi connectivity index (χ1) is 7.52. The van der Waals surface area contributed by atoms with Crippen molar-refractivity contribution in [2.75, 3.05) is 26.0 Å². The van der Waals surface area contributed by atoms with Gasteiger partial charge in [0.15, 0.2) is 0 Å². The van der Waals surface area contributed by atoms with Crippen molar-refractivity contribution >= 4 is 17.5 Å². The molecule has 0 aliphatic rings. The fourth-order valence-electron chi connectivity index (χ4n) is 1.20. The van der Waals surface area contributed by atoms with E-state index in [-0.39, 0.29) is 18.2 Å². The van der Waals surface area contributed by atoms with Crippen LogP contribution in [0.3, 0.4) is 0 Å². The minimum Gasteiger partial charge on any atom is -0.348 e. The number of para-hydroxylation sites is 1. The number of hydrogen-bond acceptors (Lipinski definition) is 2. The van der Waals surface area contributed by atoms with Gasteiger partial charge < -0.3 is 9.80 Å². The van der Waals surface area contributed by atoms with E-state index in [1.165, 1.54) is 9.80 Å². The van der Waals surface area contributed by atoms with Gasteiger partial charge in [0, 0.05) is 26.8 Å². The molecule has 0 N–H and O–H groups in total. The minimum absolute atomic E-state index is 0.0988. The molecule has 0 aliphatic heterocycles. The average molecular weight is 220 g/mol. The predicted octanol–water partition coefficient (Wildman–Crippen LogP) is 1.13. The highest BCUT2D eigenvalue weighted by Gasteiger charge is 2.15. The summed E-state index contributed by atoms with van der Waals surface area (Å²) >= 11 is 0. The molecule has 2 amide bonds. The largest absolute Gasteiger partial charge is 0.348 e. The number of amides is 2. The van der Waals surface area contributed by atoms with Crippen molar-refractivity contribution in [3.05, 3.63) is 30.3 Å². The highest BCUT2D eigenvalue weighted by Crippen LogP contribution is 2.12. The van der Waals surface area contributed by atoms with Gasteiger partial charge in [-0.05, 0) is 12.1 Å². The topological polar surface area (TPSA) is 40.6 Å². The molecule has 0 atom stereocenters. The molecule has 1 aromatic carbocycles. The van der Waals surface area contributed by atoms with Crippen molar-refractivity contribution in [2.45, 2.75) is 6.42 Å². The van der Waals surface area contributed by atoms with Crippen LogP contribution in [0.15, 0.2) is 30.3 Å². The molecule has 0 bridgehead atoms. The van der Waals surface area contributed by atoms with E-state index in [1.807, 2.05) is 30.3 Å². The van der Waals surface area contributed by atoms with Gasteiger partial charge in [0.2, 0.25) is 11.8 Å². The average Bonchev–Trinajstić information content (AvgIpc) is 2.28. The van der Waals surface area contributed by atoms with Crippen molar-refractivity contribution < 1.29 is 9.59 Å². The van der Waals surface area contributed by atoms with Crippen LogP contribution in [0.4, 0.5) is 5.69 Å². The number of nitrogens with zero attached hydrogens (tertiary/aromatic N) is 2. The predicted molar refractivity (Wildman–Crippen MR) is 63.2 cm³/mol. The van der Waals surface area contributed by atoms with Gasteiger partial charge in [0.05, 0.1) is 0 Å². The Balaban J connectivity index is 2.65. The first kappa shape index (κ1) is 12.2. The minimum atomic E-state index is -0.204. The van der Waals surface area contributed by atoms with E-state index < -0.39 is 0 Å². The van der Waals surface area contributed by atoms with E-state index >= 15 is 0 Å². The summed E-state index contributed by atoms with van der Waals surface area (Å²) in [6.45, 7) is 0. The van der Waals surface area contributed by atoms with E-state index in [2.05, 4.69) is 0 Å². The Bertz CT molecular complexity index is 374. The number of carbonyl (C=O) groups is 2. The SMILES string of the molecule is CN(C)C(=O)CC(=O)N(C)c1ccccc1. The lowest BCUT2D eigenvalue weighted by Crippen LogP contribution is -2.32. The maximum atomic E-state index is 11.7. The summed E-state index contributed by atoms with van der Waals surface area (Å²) in [6.07, 6.45) is -0.0988. The van der Waals surface area contributed by atoms with Crippen LogP contribution in [0.25, 0.3) is 0 Å².